The number of thioether (sulfide) groups is 2. The van der Waals surface area contributed by atoms with Crippen LogP contribution in [0.1, 0.15) is 32.1 Å². The van der Waals surface area contributed by atoms with Gasteiger partial charge < -0.3 is 0 Å². The summed E-state index contributed by atoms with van der Waals surface area (Å²) in [6, 6.07) is 0.547. The molecule has 2 atom stereocenters. The lowest BCUT2D eigenvalue weighted by molar-refractivity contribution is 0.391. The van der Waals surface area contributed by atoms with Crippen LogP contribution in [0.2, 0.25) is 0 Å². The largest absolute Gasteiger partial charge is 0.271 e. The van der Waals surface area contributed by atoms with Crippen molar-refractivity contribution < 1.29 is 0 Å². The lowest BCUT2D eigenvalue weighted by Crippen LogP contribution is -2.45. The van der Waals surface area contributed by atoms with Gasteiger partial charge in [-0.1, -0.05) is 25.7 Å². The van der Waals surface area contributed by atoms with E-state index in [9.17, 15) is 0 Å². The number of nitrogens with two attached hydrogens (primary N) is 1. The molecule has 0 amide bonds. The highest BCUT2D eigenvalue weighted by Gasteiger charge is 2.27. The first-order valence-electron chi connectivity index (χ1n) is 6.05. The normalized spacial score (nSPS) is 30.6. The molecule has 2 unspecified atom stereocenters. The second-order valence-corrected chi connectivity index (χ2v) is 7.14. The molecule has 1 saturated carbocycles. The molecule has 1 heterocycles. The molecule has 3 N–H and O–H groups in total. The highest BCUT2D eigenvalue weighted by atomic mass is 32.2. The van der Waals surface area contributed by atoms with Gasteiger partial charge in [-0.25, -0.2) is 0 Å². The fraction of sp³-hybridized carbons (Fsp3) is 1.00. The summed E-state index contributed by atoms with van der Waals surface area (Å²) in [5.41, 5.74) is 3.06. The van der Waals surface area contributed by atoms with E-state index in [4.69, 9.17) is 5.84 Å². The van der Waals surface area contributed by atoms with E-state index in [0.717, 1.165) is 11.2 Å². The zero-order chi connectivity index (χ0) is 10.5. The SMILES string of the molecule is NNC(CC1CCCC1)C1CSCCS1. The molecule has 0 bridgehead atoms. The van der Waals surface area contributed by atoms with Crippen LogP contribution < -0.4 is 11.3 Å². The van der Waals surface area contributed by atoms with Crippen molar-refractivity contribution in [2.45, 2.75) is 43.4 Å². The predicted molar refractivity (Wildman–Crippen MR) is 71.3 cm³/mol. The molecule has 15 heavy (non-hydrogen) atoms. The number of hydrazine groups is 1. The van der Waals surface area contributed by atoms with Crippen LogP contribution in [0, 0.1) is 5.92 Å². The maximum absolute atomic E-state index is 5.71. The second kappa shape index (κ2) is 6.38. The van der Waals surface area contributed by atoms with Crippen LogP contribution in [-0.4, -0.2) is 28.6 Å². The van der Waals surface area contributed by atoms with Gasteiger partial charge in [0.15, 0.2) is 0 Å². The minimum Gasteiger partial charge on any atom is -0.271 e. The van der Waals surface area contributed by atoms with E-state index in [0.29, 0.717) is 6.04 Å². The molecule has 1 aliphatic heterocycles. The van der Waals surface area contributed by atoms with Crippen molar-refractivity contribution in [1.82, 2.24) is 5.43 Å². The summed E-state index contributed by atoms with van der Waals surface area (Å²) in [7, 11) is 0. The van der Waals surface area contributed by atoms with E-state index in [2.05, 4.69) is 28.9 Å². The Balaban J connectivity index is 1.79. The fourth-order valence-electron chi connectivity index (χ4n) is 2.67. The van der Waals surface area contributed by atoms with Gasteiger partial charge in [-0.05, 0) is 12.3 Å². The van der Waals surface area contributed by atoms with Crippen LogP contribution in [0.25, 0.3) is 0 Å². The highest BCUT2D eigenvalue weighted by Crippen LogP contribution is 2.33. The maximum Gasteiger partial charge on any atom is 0.0340 e. The Morgan fingerprint density at radius 1 is 1.27 bits per heavy atom. The second-order valence-electron chi connectivity index (χ2n) is 4.64. The molecular weight excluding hydrogens is 224 g/mol. The minimum atomic E-state index is 0.547. The van der Waals surface area contributed by atoms with E-state index in [1.54, 1.807) is 0 Å². The van der Waals surface area contributed by atoms with Gasteiger partial charge in [0, 0.05) is 28.6 Å². The average Bonchev–Trinajstić information content (AvgIpc) is 2.80. The van der Waals surface area contributed by atoms with Gasteiger partial charge in [0.2, 0.25) is 0 Å². The number of nitrogens with one attached hydrogen (secondary N) is 1. The van der Waals surface area contributed by atoms with Gasteiger partial charge in [-0.2, -0.15) is 23.5 Å². The van der Waals surface area contributed by atoms with E-state index < -0.39 is 0 Å². The van der Waals surface area contributed by atoms with Gasteiger partial charge in [-0.3, -0.25) is 11.3 Å². The lowest BCUT2D eigenvalue weighted by atomic mass is 9.97. The van der Waals surface area contributed by atoms with Crippen molar-refractivity contribution in [3.05, 3.63) is 0 Å². The van der Waals surface area contributed by atoms with Crippen LogP contribution in [0.5, 0.6) is 0 Å². The van der Waals surface area contributed by atoms with Crippen LogP contribution >= 0.6 is 23.5 Å². The van der Waals surface area contributed by atoms with Crippen LogP contribution in [0.15, 0.2) is 0 Å². The van der Waals surface area contributed by atoms with Gasteiger partial charge in [-0.15, -0.1) is 0 Å². The predicted octanol–water partition coefficient (Wildman–Crippen LogP) is 2.25. The van der Waals surface area contributed by atoms with E-state index in [1.807, 2.05) is 0 Å². The Morgan fingerprint density at radius 2 is 2.07 bits per heavy atom. The standard InChI is InChI=1S/C11H22N2S2/c12-13-10(7-9-3-1-2-4-9)11-8-14-5-6-15-11/h9-11,13H,1-8,12H2. The van der Waals surface area contributed by atoms with Gasteiger partial charge in [0.1, 0.15) is 0 Å². The van der Waals surface area contributed by atoms with Crippen molar-refractivity contribution in [3.63, 3.8) is 0 Å². The van der Waals surface area contributed by atoms with Crippen molar-refractivity contribution in [2.24, 2.45) is 11.8 Å². The van der Waals surface area contributed by atoms with Crippen LogP contribution in [-0.2, 0) is 0 Å². The Morgan fingerprint density at radius 3 is 2.67 bits per heavy atom. The first-order valence-corrected chi connectivity index (χ1v) is 8.26. The molecule has 88 valence electrons. The monoisotopic (exact) mass is 246 g/mol. The molecule has 2 rings (SSSR count). The Labute approximate surface area is 101 Å². The Hall–Kier alpha value is 0.620. The molecule has 2 nitrogen and oxygen atoms in total. The fourth-order valence-corrected chi connectivity index (χ4v) is 5.56. The molecule has 0 radical (unpaired) electrons. The van der Waals surface area contributed by atoms with Gasteiger partial charge in [0.25, 0.3) is 0 Å². The molecule has 4 heteroatoms. The van der Waals surface area contributed by atoms with Gasteiger partial charge in [0.05, 0.1) is 0 Å². The third-order valence-electron chi connectivity index (χ3n) is 3.57. The Kier molecular flexibility index (Phi) is 5.14. The first kappa shape index (κ1) is 12.1. The summed E-state index contributed by atoms with van der Waals surface area (Å²) in [5, 5.41) is 0.745. The van der Waals surface area contributed by atoms with Crippen molar-refractivity contribution in [3.8, 4) is 0 Å². The maximum atomic E-state index is 5.71. The Bertz CT molecular complexity index is 177. The number of hydrogen-bond donors (Lipinski definition) is 2. The summed E-state index contributed by atoms with van der Waals surface area (Å²) >= 11 is 4.20. The third kappa shape index (κ3) is 3.55. The first-order chi connectivity index (χ1) is 7.40. The van der Waals surface area contributed by atoms with E-state index in [1.165, 1.54) is 49.4 Å². The van der Waals surface area contributed by atoms with Crippen molar-refractivity contribution in [1.29, 1.82) is 0 Å². The van der Waals surface area contributed by atoms with Crippen molar-refractivity contribution >= 4 is 23.5 Å². The quantitative estimate of drug-likeness (QED) is 0.589. The third-order valence-corrected chi connectivity index (χ3v) is 6.49. The molecule has 0 aromatic rings. The number of hydrogen-bond acceptors (Lipinski definition) is 4. The lowest BCUT2D eigenvalue weighted by Gasteiger charge is -2.30. The zero-order valence-corrected chi connectivity index (χ0v) is 10.9. The number of rotatable bonds is 4. The highest BCUT2D eigenvalue weighted by molar-refractivity contribution is 8.06. The molecular formula is C11H22N2S2. The summed E-state index contributed by atoms with van der Waals surface area (Å²) in [4.78, 5) is 0. The van der Waals surface area contributed by atoms with Gasteiger partial charge >= 0.3 is 0 Å². The van der Waals surface area contributed by atoms with Crippen molar-refractivity contribution in [2.75, 3.05) is 17.3 Å². The van der Waals surface area contributed by atoms with E-state index in [-0.39, 0.29) is 0 Å². The average molecular weight is 246 g/mol. The topological polar surface area (TPSA) is 38.0 Å². The summed E-state index contributed by atoms with van der Waals surface area (Å²) in [6.07, 6.45) is 7.04. The minimum absolute atomic E-state index is 0.547. The van der Waals surface area contributed by atoms with Crippen LogP contribution in [0.3, 0.4) is 0 Å². The van der Waals surface area contributed by atoms with Crippen LogP contribution in [0.4, 0.5) is 0 Å². The molecule has 0 aromatic carbocycles. The summed E-state index contributed by atoms with van der Waals surface area (Å²) < 4.78 is 0. The molecule has 0 aromatic heterocycles. The molecule has 2 fully saturated rings. The molecule has 0 spiro atoms. The van der Waals surface area contributed by atoms with E-state index >= 15 is 0 Å². The molecule has 2 aliphatic rings. The molecule has 1 saturated heterocycles. The smallest absolute Gasteiger partial charge is 0.0340 e. The zero-order valence-electron chi connectivity index (χ0n) is 9.28. The molecule has 1 aliphatic carbocycles. The summed E-state index contributed by atoms with van der Waals surface area (Å²) in [6.45, 7) is 0. The summed E-state index contributed by atoms with van der Waals surface area (Å²) in [5.74, 6) is 10.6.